The molecule has 0 saturated carbocycles. The van der Waals surface area contributed by atoms with Crippen molar-refractivity contribution >= 4 is 31.9 Å². The molecule has 0 aliphatic carbocycles. The largest absolute Gasteiger partial charge is 0.356 e. The molecule has 0 aromatic rings. The van der Waals surface area contributed by atoms with Gasteiger partial charge in [-0.25, -0.2) is 0 Å². The molecule has 0 amide bonds. The molecule has 3 nitrogen and oxygen atoms in total. The molecule has 0 aromatic heterocycles. The second-order valence-electron chi connectivity index (χ2n) is 9.49. The average molecular weight is 601 g/mol. The van der Waals surface area contributed by atoms with Crippen LogP contribution in [0.2, 0.25) is 0 Å². The number of rotatable bonds is 28. The van der Waals surface area contributed by atoms with E-state index in [1.165, 1.54) is 128 Å². The van der Waals surface area contributed by atoms with Crippen LogP contribution in [0, 0.1) is 0 Å². The number of halogens is 2. The van der Waals surface area contributed by atoms with Crippen LogP contribution >= 0.6 is 31.9 Å². The van der Waals surface area contributed by atoms with Gasteiger partial charge in [-0.05, 0) is 38.5 Å². The van der Waals surface area contributed by atoms with E-state index in [-0.39, 0.29) is 12.6 Å². The van der Waals surface area contributed by atoms with Gasteiger partial charge in [-0.2, -0.15) is 0 Å². The molecular formula is C28H56Br2O3. The summed E-state index contributed by atoms with van der Waals surface area (Å²) in [5.41, 5.74) is 0. The van der Waals surface area contributed by atoms with Gasteiger partial charge in [0.2, 0.25) is 0 Å². The highest BCUT2D eigenvalue weighted by Gasteiger charge is 2.15. The lowest BCUT2D eigenvalue weighted by Gasteiger charge is -2.23. The highest BCUT2D eigenvalue weighted by molar-refractivity contribution is 9.09. The zero-order valence-corrected chi connectivity index (χ0v) is 25.3. The molecule has 0 aromatic carbocycles. The van der Waals surface area contributed by atoms with Crippen LogP contribution in [0.3, 0.4) is 0 Å². The minimum absolute atomic E-state index is 0.131. The summed E-state index contributed by atoms with van der Waals surface area (Å²) in [7, 11) is 3.51. The Morgan fingerprint density at radius 3 is 0.879 bits per heavy atom. The van der Waals surface area contributed by atoms with Crippen molar-refractivity contribution in [2.75, 3.05) is 24.9 Å². The summed E-state index contributed by atoms with van der Waals surface area (Å²) < 4.78 is 17.2. The van der Waals surface area contributed by atoms with Gasteiger partial charge in [-0.1, -0.05) is 135 Å². The Hall–Kier alpha value is 0.840. The topological polar surface area (TPSA) is 27.7 Å². The Bertz CT molecular complexity index is 326. The van der Waals surface area contributed by atoms with Gasteiger partial charge in [0.25, 0.3) is 0 Å². The lowest BCUT2D eigenvalue weighted by molar-refractivity contribution is -0.233. The fourth-order valence-corrected chi connectivity index (χ4v) is 5.08. The summed E-state index contributed by atoms with van der Waals surface area (Å²) in [6.07, 6.45) is 28.6. The molecule has 0 aliphatic rings. The van der Waals surface area contributed by atoms with E-state index in [1.54, 1.807) is 14.2 Å². The maximum absolute atomic E-state index is 6.08. The van der Waals surface area contributed by atoms with Crippen LogP contribution in [0.5, 0.6) is 0 Å². The molecule has 0 radical (unpaired) electrons. The molecule has 0 N–H and O–H groups in total. The fraction of sp³-hybridized carbons (Fsp3) is 1.00. The van der Waals surface area contributed by atoms with Crippen LogP contribution in [-0.4, -0.2) is 37.5 Å². The maximum Gasteiger partial charge on any atom is 0.160 e. The summed E-state index contributed by atoms with van der Waals surface area (Å²) in [4.78, 5) is 0. The zero-order valence-electron chi connectivity index (χ0n) is 22.1. The molecule has 0 saturated heterocycles. The molecule has 200 valence electrons. The third-order valence-electron chi connectivity index (χ3n) is 6.48. The highest BCUT2D eigenvalue weighted by atomic mass is 79.9. The number of hydrogen-bond donors (Lipinski definition) is 0. The third-order valence-corrected chi connectivity index (χ3v) is 7.60. The van der Waals surface area contributed by atoms with Gasteiger partial charge < -0.3 is 14.2 Å². The Labute approximate surface area is 224 Å². The van der Waals surface area contributed by atoms with Crippen molar-refractivity contribution in [3.8, 4) is 0 Å². The zero-order chi connectivity index (χ0) is 24.2. The average Bonchev–Trinajstić information content (AvgIpc) is 2.83. The lowest BCUT2D eigenvalue weighted by Crippen LogP contribution is -2.25. The van der Waals surface area contributed by atoms with E-state index in [9.17, 15) is 0 Å². The summed E-state index contributed by atoms with van der Waals surface area (Å²) in [6, 6.07) is 0. The lowest BCUT2D eigenvalue weighted by atomic mass is 10.1. The van der Waals surface area contributed by atoms with Gasteiger partial charge in [0.15, 0.2) is 12.6 Å². The Morgan fingerprint density at radius 1 is 0.394 bits per heavy atom. The van der Waals surface area contributed by atoms with Crippen molar-refractivity contribution in [2.24, 2.45) is 0 Å². The van der Waals surface area contributed by atoms with Crippen molar-refractivity contribution in [2.45, 2.75) is 154 Å². The molecule has 0 aliphatic heterocycles. The predicted molar refractivity (Wildman–Crippen MR) is 152 cm³/mol. The predicted octanol–water partition coefficient (Wildman–Crippen LogP) is 10.3. The van der Waals surface area contributed by atoms with E-state index in [1.807, 2.05) is 0 Å². The molecular weight excluding hydrogens is 544 g/mol. The molecule has 33 heavy (non-hydrogen) atoms. The first-order chi connectivity index (χ1) is 16.3. The molecule has 0 rings (SSSR count). The number of alkyl halides is 2. The van der Waals surface area contributed by atoms with E-state index >= 15 is 0 Å². The molecule has 2 unspecified atom stereocenters. The van der Waals surface area contributed by atoms with Gasteiger partial charge in [0.1, 0.15) is 0 Å². The van der Waals surface area contributed by atoms with Crippen LogP contribution < -0.4 is 0 Å². The molecule has 5 heteroatoms. The number of hydrogen-bond acceptors (Lipinski definition) is 3. The van der Waals surface area contributed by atoms with Crippen molar-refractivity contribution in [1.82, 2.24) is 0 Å². The van der Waals surface area contributed by atoms with Gasteiger partial charge in [-0.3, -0.25) is 0 Å². The van der Waals surface area contributed by atoms with E-state index < -0.39 is 0 Å². The van der Waals surface area contributed by atoms with Crippen molar-refractivity contribution in [3.63, 3.8) is 0 Å². The summed E-state index contributed by atoms with van der Waals surface area (Å²) in [5.74, 6) is 0. The summed E-state index contributed by atoms with van der Waals surface area (Å²) in [5, 5.41) is 2.31. The first-order valence-corrected chi connectivity index (χ1v) is 16.4. The van der Waals surface area contributed by atoms with Gasteiger partial charge in [0, 0.05) is 24.9 Å². The summed E-state index contributed by atoms with van der Waals surface area (Å²) >= 11 is 7.01. The van der Waals surface area contributed by atoms with E-state index in [0.717, 1.165) is 23.5 Å². The standard InChI is InChI=1S/C28H56Br2O3/c1-31-27(23-19-15-11-7-3-5-9-13-17-21-25-29)33-28(32-2)24-20-16-12-8-4-6-10-14-18-22-26-30/h27-28H,3-26H2,1-2H3. The minimum Gasteiger partial charge on any atom is -0.356 e. The van der Waals surface area contributed by atoms with Gasteiger partial charge in [0.05, 0.1) is 0 Å². The molecule has 0 fully saturated rings. The smallest absolute Gasteiger partial charge is 0.160 e. The third kappa shape index (κ3) is 25.7. The number of unbranched alkanes of at least 4 members (excludes halogenated alkanes) is 18. The first-order valence-electron chi connectivity index (χ1n) is 14.1. The Balaban J connectivity index is 3.57. The van der Waals surface area contributed by atoms with Crippen LogP contribution in [0.25, 0.3) is 0 Å². The van der Waals surface area contributed by atoms with Gasteiger partial charge >= 0.3 is 0 Å². The first kappa shape index (κ1) is 33.8. The normalized spacial score (nSPS) is 13.5. The van der Waals surface area contributed by atoms with Crippen LogP contribution in [0.15, 0.2) is 0 Å². The number of methoxy groups -OCH3 is 2. The summed E-state index contributed by atoms with van der Waals surface area (Å²) in [6.45, 7) is 0. The van der Waals surface area contributed by atoms with Crippen molar-refractivity contribution < 1.29 is 14.2 Å². The second kappa shape index (κ2) is 29.1. The fourth-order valence-electron chi connectivity index (χ4n) is 4.29. The Kier molecular flexibility index (Phi) is 29.8. The molecule has 2 atom stereocenters. The van der Waals surface area contributed by atoms with Crippen LogP contribution in [0.4, 0.5) is 0 Å². The molecule has 0 spiro atoms. The number of ether oxygens (including phenoxy) is 3. The second-order valence-corrected chi connectivity index (χ2v) is 11.1. The minimum atomic E-state index is -0.131. The van der Waals surface area contributed by atoms with E-state index in [0.29, 0.717) is 0 Å². The van der Waals surface area contributed by atoms with Crippen molar-refractivity contribution in [3.05, 3.63) is 0 Å². The quantitative estimate of drug-likeness (QED) is 0.0508. The molecule has 0 heterocycles. The maximum atomic E-state index is 6.08. The van der Waals surface area contributed by atoms with Gasteiger partial charge in [-0.15, -0.1) is 0 Å². The highest BCUT2D eigenvalue weighted by Crippen LogP contribution is 2.17. The van der Waals surface area contributed by atoms with E-state index in [2.05, 4.69) is 31.9 Å². The SMILES string of the molecule is COC(CCCCCCCCCCCCBr)OC(CCCCCCCCCCCCBr)OC. The van der Waals surface area contributed by atoms with Crippen LogP contribution in [0.1, 0.15) is 141 Å². The molecule has 0 bridgehead atoms. The Morgan fingerprint density at radius 2 is 0.636 bits per heavy atom. The monoisotopic (exact) mass is 598 g/mol. The van der Waals surface area contributed by atoms with E-state index in [4.69, 9.17) is 14.2 Å². The van der Waals surface area contributed by atoms with Crippen molar-refractivity contribution in [1.29, 1.82) is 0 Å². The van der Waals surface area contributed by atoms with Crippen LogP contribution in [-0.2, 0) is 14.2 Å².